The van der Waals surface area contributed by atoms with E-state index >= 15 is 0 Å². The molecule has 0 aromatic rings. The van der Waals surface area contributed by atoms with E-state index in [1.807, 2.05) is 6.92 Å². The SMILES string of the molecule is C/C=C(C)/C=C/[C@H]1C(C(=O)OC)=CC[C@H]2C(C)(C)CCC[C@]12C. The third-order valence-corrected chi connectivity index (χ3v) is 6.32. The highest BCUT2D eigenvalue weighted by atomic mass is 16.5. The molecule has 23 heavy (non-hydrogen) atoms. The van der Waals surface area contributed by atoms with Crippen LogP contribution in [0.15, 0.2) is 35.5 Å². The quantitative estimate of drug-likeness (QED) is 0.510. The first-order valence-electron chi connectivity index (χ1n) is 8.85. The lowest BCUT2D eigenvalue weighted by molar-refractivity contribution is -0.138. The van der Waals surface area contributed by atoms with Gasteiger partial charge in [0.15, 0.2) is 0 Å². The van der Waals surface area contributed by atoms with Crippen molar-refractivity contribution in [1.29, 1.82) is 0 Å². The van der Waals surface area contributed by atoms with Crippen LogP contribution in [0.4, 0.5) is 0 Å². The van der Waals surface area contributed by atoms with Crippen LogP contribution in [0, 0.1) is 22.7 Å². The molecule has 1 saturated carbocycles. The van der Waals surface area contributed by atoms with Crippen LogP contribution in [0.3, 0.4) is 0 Å². The standard InChI is InChI=1S/C21H32O2/c1-7-15(2)9-11-17-16(19(22)23-6)10-12-18-20(3,4)13-8-14-21(17,18)5/h7,9-11,17-18H,8,12-14H2,1-6H3/b11-9+,15-7+/t17-,18-,21+/m0/s1. The van der Waals surface area contributed by atoms with Crippen molar-refractivity contribution in [2.24, 2.45) is 22.7 Å². The topological polar surface area (TPSA) is 26.3 Å². The summed E-state index contributed by atoms with van der Waals surface area (Å²) in [6.45, 7) is 11.3. The largest absolute Gasteiger partial charge is 0.466 e. The zero-order valence-corrected chi connectivity index (χ0v) is 15.6. The van der Waals surface area contributed by atoms with Gasteiger partial charge in [-0.2, -0.15) is 0 Å². The smallest absolute Gasteiger partial charge is 0.334 e. The highest BCUT2D eigenvalue weighted by Gasteiger charge is 2.52. The number of carbonyl (C=O) groups is 1. The Morgan fingerprint density at radius 3 is 2.61 bits per heavy atom. The molecule has 128 valence electrons. The second kappa shape index (κ2) is 6.67. The molecule has 0 saturated heterocycles. The third kappa shape index (κ3) is 3.32. The summed E-state index contributed by atoms with van der Waals surface area (Å²) in [6, 6.07) is 0. The molecular formula is C21H32O2. The second-order valence-corrected chi connectivity index (χ2v) is 8.16. The van der Waals surface area contributed by atoms with Crippen LogP contribution in [0.1, 0.15) is 60.3 Å². The summed E-state index contributed by atoms with van der Waals surface area (Å²) in [5, 5.41) is 0. The number of esters is 1. The molecule has 0 spiro atoms. The number of fused-ring (bicyclic) bond motifs is 1. The Morgan fingerprint density at radius 2 is 2.00 bits per heavy atom. The summed E-state index contributed by atoms with van der Waals surface area (Å²) < 4.78 is 5.07. The van der Waals surface area contributed by atoms with Crippen LogP contribution in [0.2, 0.25) is 0 Å². The van der Waals surface area contributed by atoms with Gasteiger partial charge in [0.05, 0.1) is 7.11 Å². The average Bonchev–Trinajstić information content (AvgIpc) is 2.50. The van der Waals surface area contributed by atoms with Crippen molar-refractivity contribution in [1.82, 2.24) is 0 Å². The number of methoxy groups -OCH3 is 1. The second-order valence-electron chi connectivity index (χ2n) is 8.16. The van der Waals surface area contributed by atoms with E-state index in [-0.39, 0.29) is 17.3 Å². The lowest BCUT2D eigenvalue weighted by atomic mass is 9.48. The number of hydrogen-bond donors (Lipinski definition) is 0. The van der Waals surface area contributed by atoms with Crippen LogP contribution >= 0.6 is 0 Å². The van der Waals surface area contributed by atoms with E-state index in [0.717, 1.165) is 12.0 Å². The predicted octanol–water partition coefficient (Wildman–Crippen LogP) is 5.46. The normalized spacial score (nSPS) is 34.0. The van der Waals surface area contributed by atoms with E-state index in [0.29, 0.717) is 11.3 Å². The van der Waals surface area contributed by atoms with Gasteiger partial charge >= 0.3 is 5.97 Å². The van der Waals surface area contributed by atoms with Gasteiger partial charge in [0, 0.05) is 11.5 Å². The summed E-state index contributed by atoms with van der Waals surface area (Å²) in [6.07, 6.45) is 13.3. The fraction of sp³-hybridized carbons (Fsp3) is 0.667. The van der Waals surface area contributed by atoms with Gasteiger partial charge in [-0.05, 0) is 49.9 Å². The Morgan fingerprint density at radius 1 is 1.30 bits per heavy atom. The fourth-order valence-corrected chi connectivity index (χ4v) is 4.85. The zero-order chi connectivity index (χ0) is 17.3. The van der Waals surface area contributed by atoms with Crippen LogP contribution in [0.5, 0.6) is 0 Å². The molecule has 0 amide bonds. The maximum absolute atomic E-state index is 12.3. The molecule has 0 aromatic heterocycles. The zero-order valence-electron chi connectivity index (χ0n) is 15.6. The van der Waals surface area contributed by atoms with Gasteiger partial charge in [0.25, 0.3) is 0 Å². The predicted molar refractivity (Wildman–Crippen MR) is 96.0 cm³/mol. The van der Waals surface area contributed by atoms with Gasteiger partial charge in [0.2, 0.25) is 0 Å². The molecule has 1 fully saturated rings. The van der Waals surface area contributed by atoms with Gasteiger partial charge in [0.1, 0.15) is 0 Å². The van der Waals surface area contributed by atoms with E-state index in [9.17, 15) is 4.79 Å². The van der Waals surface area contributed by atoms with E-state index in [2.05, 4.69) is 52.0 Å². The number of rotatable bonds is 3. The molecule has 0 radical (unpaired) electrons. The molecule has 0 N–H and O–H groups in total. The Bertz CT molecular complexity index is 550. The van der Waals surface area contributed by atoms with Gasteiger partial charge in [-0.15, -0.1) is 0 Å². The maximum atomic E-state index is 12.3. The van der Waals surface area contributed by atoms with Crippen molar-refractivity contribution in [3.63, 3.8) is 0 Å². The number of allylic oxidation sites excluding steroid dienone is 5. The fourth-order valence-electron chi connectivity index (χ4n) is 4.85. The van der Waals surface area contributed by atoms with Gasteiger partial charge in [-0.1, -0.05) is 57.1 Å². The number of carbonyl (C=O) groups excluding carboxylic acids is 1. The molecule has 2 rings (SSSR count). The lowest BCUT2D eigenvalue weighted by Crippen LogP contribution is -2.49. The minimum absolute atomic E-state index is 0.130. The van der Waals surface area contributed by atoms with Crippen molar-refractivity contribution in [3.8, 4) is 0 Å². The molecule has 3 atom stereocenters. The molecule has 2 aliphatic carbocycles. The molecule has 0 heterocycles. The van der Waals surface area contributed by atoms with Gasteiger partial charge < -0.3 is 4.74 Å². The first-order valence-corrected chi connectivity index (χ1v) is 8.85. The van der Waals surface area contributed by atoms with Crippen molar-refractivity contribution in [2.45, 2.75) is 60.3 Å². The number of ether oxygens (including phenoxy) is 1. The summed E-state index contributed by atoms with van der Waals surface area (Å²) in [5.41, 5.74) is 2.54. The Hall–Kier alpha value is -1.31. The molecule has 2 nitrogen and oxygen atoms in total. The molecule has 0 bridgehead atoms. The van der Waals surface area contributed by atoms with Gasteiger partial charge in [-0.25, -0.2) is 4.79 Å². The first-order chi connectivity index (χ1) is 10.8. The van der Waals surface area contributed by atoms with E-state index in [1.165, 1.54) is 31.9 Å². The summed E-state index contributed by atoms with van der Waals surface area (Å²) in [5.74, 6) is 0.585. The summed E-state index contributed by atoms with van der Waals surface area (Å²) in [7, 11) is 1.49. The first kappa shape index (κ1) is 18.0. The summed E-state index contributed by atoms with van der Waals surface area (Å²) >= 11 is 0. The van der Waals surface area contributed by atoms with Gasteiger partial charge in [-0.3, -0.25) is 0 Å². The van der Waals surface area contributed by atoms with Crippen LogP contribution in [-0.2, 0) is 9.53 Å². The Balaban J connectivity index is 2.48. The highest BCUT2D eigenvalue weighted by Crippen LogP contribution is 2.60. The molecule has 0 aliphatic heterocycles. The van der Waals surface area contributed by atoms with Crippen LogP contribution < -0.4 is 0 Å². The van der Waals surface area contributed by atoms with E-state index in [1.54, 1.807) is 0 Å². The minimum Gasteiger partial charge on any atom is -0.466 e. The molecule has 2 aliphatic rings. The van der Waals surface area contributed by atoms with E-state index < -0.39 is 0 Å². The average molecular weight is 316 g/mol. The third-order valence-electron chi connectivity index (χ3n) is 6.32. The Labute approximate surface area is 141 Å². The minimum atomic E-state index is -0.166. The van der Waals surface area contributed by atoms with E-state index in [4.69, 9.17) is 4.74 Å². The number of hydrogen-bond acceptors (Lipinski definition) is 2. The molecule has 2 heteroatoms. The molecule has 0 aromatic carbocycles. The van der Waals surface area contributed by atoms with Crippen molar-refractivity contribution in [3.05, 3.63) is 35.5 Å². The van der Waals surface area contributed by atoms with Crippen molar-refractivity contribution < 1.29 is 9.53 Å². The molecular weight excluding hydrogens is 284 g/mol. The molecule has 0 unspecified atom stereocenters. The lowest BCUT2D eigenvalue weighted by Gasteiger charge is -2.56. The summed E-state index contributed by atoms with van der Waals surface area (Å²) in [4.78, 5) is 12.3. The van der Waals surface area contributed by atoms with Crippen LogP contribution in [-0.4, -0.2) is 13.1 Å². The van der Waals surface area contributed by atoms with Crippen LogP contribution in [0.25, 0.3) is 0 Å². The monoisotopic (exact) mass is 316 g/mol. The van der Waals surface area contributed by atoms with Crippen molar-refractivity contribution >= 4 is 5.97 Å². The Kier molecular flexibility index (Phi) is 5.23. The van der Waals surface area contributed by atoms with Crippen molar-refractivity contribution in [2.75, 3.05) is 7.11 Å². The maximum Gasteiger partial charge on any atom is 0.334 e. The highest BCUT2D eigenvalue weighted by molar-refractivity contribution is 5.89.